The van der Waals surface area contributed by atoms with Crippen LogP contribution in [0, 0.1) is 0 Å². The van der Waals surface area contributed by atoms with E-state index in [0.717, 1.165) is 15.2 Å². The molecule has 0 bridgehead atoms. The second-order valence-electron chi connectivity index (χ2n) is 4.71. The molecule has 2 aromatic rings. The van der Waals surface area contributed by atoms with Gasteiger partial charge in [0.15, 0.2) is 0 Å². The van der Waals surface area contributed by atoms with Gasteiger partial charge in [-0.25, -0.2) is 0 Å². The summed E-state index contributed by atoms with van der Waals surface area (Å²) < 4.78 is 29.0. The lowest BCUT2D eigenvalue weighted by atomic mass is 10.1. The number of halogens is 1. The van der Waals surface area contributed by atoms with Crippen LogP contribution in [0.5, 0.6) is 0 Å². The molecule has 0 saturated carbocycles. The minimum absolute atomic E-state index is 0.0370. The Hall–Kier alpha value is -1.15. The van der Waals surface area contributed by atoms with E-state index in [-0.39, 0.29) is 13.2 Å². The third kappa shape index (κ3) is 4.16. The fourth-order valence-electron chi connectivity index (χ4n) is 1.92. The first kappa shape index (κ1) is 16.2. The Morgan fingerprint density at radius 3 is 2.57 bits per heavy atom. The van der Waals surface area contributed by atoms with Gasteiger partial charge < -0.3 is 5.11 Å². The van der Waals surface area contributed by atoms with Crippen LogP contribution in [0.2, 0.25) is 0 Å². The van der Waals surface area contributed by atoms with Crippen molar-refractivity contribution in [3.8, 4) is 0 Å². The van der Waals surface area contributed by atoms with E-state index in [9.17, 15) is 8.42 Å². The van der Waals surface area contributed by atoms with Gasteiger partial charge in [-0.2, -0.15) is 12.7 Å². The molecule has 0 aromatic heterocycles. The first-order chi connectivity index (χ1) is 9.92. The van der Waals surface area contributed by atoms with Gasteiger partial charge in [0.2, 0.25) is 0 Å². The monoisotopic (exact) mass is 372 g/mol. The van der Waals surface area contributed by atoms with E-state index in [0.29, 0.717) is 12.1 Å². The lowest BCUT2D eigenvalue weighted by Crippen LogP contribution is -2.33. The quantitative estimate of drug-likeness (QED) is 0.818. The predicted molar refractivity (Wildman–Crippen MR) is 88.5 cm³/mol. The zero-order chi connectivity index (χ0) is 15.5. The molecule has 5 nitrogen and oxygen atoms in total. The van der Waals surface area contributed by atoms with Crippen molar-refractivity contribution < 1.29 is 13.5 Å². The van der Waals surface area contributed by atoms with Crippen LogP contribution >= 0.6 is 15.9 Å². The van der Waals surface area contributed by atoms with Gasteiger partial charge in [-0.1, -0.05) is 28.1 Å². The molecular weight excluding hydrogens is 356 g/mol. The molecule has 0 fully saturated rings. The third-order valence-corrected chi connectivity index (χ3v) is 5.08. The maximum Gasteiger partial charge on any atom is 0.301 e. The molecule has 0 unspecified atom stereocenters. The van der Waals surface area contributed by atoms with Crippen LogP contribution in [-0.4, -0.2) is 38.0 Å². The van der Waals surface area contributed by atoms with Gasteiger partial charge in [0, 0.05) is 24.7 Å². The normalized spacial score (nSPS) is 12.0. The molecule has 0 heterocycles. The Kier molecular flexibility index (Phi) is 5.21. The third-order valence-electron chi connectivity index (χ3n) is 3.09. The molecule has 0 spiro atoms. The summed E-state index contributed by atoms with van der Waals surface area (Å²) >= 11 is 3.40. The maximum atomic E-state index is 12.1. The van der Waals surface area contributed by atoms with Gasteiger partial charge in [0.25, 0.3) is 0 Å². The molecule has 2 rings (SSSR count). The lowest BCUT2D eigenvalue weighted by Gasteiger charge is -2.18. The minimum atomic E-state index is -3.60. The van der Waals surface area contributed by atoms with Crippen LogP contribution in [0.25, 0.3) is 10.8 Å². The van der Waals surface area contributed by atoms with E-state index in [1.165, 1.54) is 11.4 Å². The van der Waals surface area contributed by atoms with Crippen LogP contribution in [0.15, 0.2) is 40.9 Å². The number of benzene rings is 2. The zero-order valence-electron chi connectivity index (χ0n) is 11.6. The summed E-state index contributed by atoms with van der Waals surface area (Å²) in [5.41, 5.74) is 0.515. The highest BCUT2D eigenvalue weighted by molar-refractivity contribution is 9.10. The number of aliphatic hydroxyl groups excluding tert-OH is 1. The Labute approximate surface area is 132 Å². The maximum absolute atomic E-state index is 12.1. The van der Waals surface area contributed by atoms with E-state index >= 15 is 0 Å². The summed E-state index contributed by atoms with van der Waals surface area (Å²) in [6, 6.07) is 11.2. The Balaban J connectivity index is 2.21. The highest BCUT2D eigenvalue weighted by Crippen LogP contribution is 2.23. The second kappa shape index (κ2) is 6.74. The van der Waals surface area contributed by atoms with Crippen molar-refractivity contribution in [1.29, 1.82) is 0 Å². The van der Waals surface area contributed by atoms with E-state index in [1.807, 2.05) is 24.3 Å². The van der Waals surface area contributed by atoms with Crippen LogP contribution in [0.4, 0.5) is 5.69 Å². The summed E-state index contributed by atoms with van der Waals surface area (Å²) in [4.78, 5) is 0. The van der Waals surface area contributed by atoms with Crippen LogP contribution in [0.3, 0.4) is 0 Å². The molecule has 7 heteroatoms. The van der Waals surface area contributed by atoms with E-state index in [4.69, 9.17) is 5.11 Å². The standard InChI is InChI=1S/C14H17BrN2O3S/c1-17(7-2-8-18)21(19,20)16-14-6-4-11-9-13(15)5-3-12(11)10-14/h3-6,9-10,16,18H,2,7-8H2,1H3. The molecule has 0 radical (unpaired) electrons. The number of nitrogens with zero attached hydrogens (tertiary/aromatic N) is 1. The minimum Gasteiger partial charge on any atom is -0.396 e. The fraction of sp³-hybridized carbons (Fsp3) is 0.286. The second-order valence-corrected chi connectivity index (χ2v) is 7.41. The zero-order valence-corrected chi connectivity index (χ0v) is 14.0. The Bertz CT molecular complexity index is 734. The van der Waals surface area contributed by atoms with Gasteiger partial charge in [-0.05, 0) is 41.5 Å². The number of hydrogen-bond acceptors (Lipinski definition) is 3. The topological polar surface area (TPSA) is 69.6 Å². The number of anilines is 1. The molecule has 0 saturated heterocycles. The molecule has 0 aliphatic carbocycles. The van der Waals surface area contributed by atoms with Crippen molar-refractivity contribution in [3.05, 3.63) is 40.9 Å². The Morgan fingerprint density at radius 2 is 1.86 bits per heavy atom. The molecule has 2 aromatic carbocycles. The molecule has 2 N–H and O–H groups in total. The molecule has 114 valence electrons. The summed E-state index contributed by atoms with van der Waals surface area (Å²) in [7, 11) is -2.12. The van der Waals surface area contributed by atoms with Crippen LogP contribution in [0.1, 0.15) is 6.42 Å². The smallest absolute Gasteiger partial charge is 0.301 e. The first-order valence-electron chi connectivity index (χ1n) is 6.46. The molecule has 0 atom stereocenters. The van der Waals surface area contributed by atoms with E-state index in [1.54, 1.807) is 12.1 Å². The summed E-state index contributed by atoms with van der Waals surface area (Å²) in [5, 5.41) is 10.7. The van der Waals surface area contributed by atoms with Gasteiger partial charge in [-0.3, -0.25) is 4.72 Å². The number of nitrogens with one attached hydrogen (secondary N) is 1. The molecule has 0 aliphatic rings. The number of aliphatic hydroxyl groups is 1. The summed E-state index contributed by atoms with van der Waals surface area (Å²) in [5.74, 6) is 0. The number of fused-ring (bicyclic) bond motifs is 1. The number of hydrogen-bond donors (Lipinski definition) is 2. The number of rotatable bonds is 6. The van der Waals surface area contributed by atoms with Gasteiger partial charge in [-0.15, -0.1) is 0 Å². The van der Waals surface area contributed by atoms with Crippen molar-refractivity contribution in [3.63, 3.8) is 0 Å². The van der Waals surface area contributed by atoms with E-state index < -0.39 is 10.2 Å². The van der Waals surface area contributed by atoms with E-state index in [2.05, 4.69) is 20.7 Å². The van der Waals surface area contributed by atoms with Gasteiger partial charge in [0.1, 0.15) is 0 Å². The van der Waals surface area contributed by atoms with Gasteiger partial charge >= 0.3 is 10.2 Å². The van der Waals surface area contributed by atoms with Crippen molar-refractivity contribution in [2.45, 2.75) is 6.42 Å². The molecule has 0 aliphatic heterocycles. The average Bonchev–Trinajstić information content (AvgIpc) is 2.44. The van der Waals surface area contributed by atoms with Crippen molar-refractivity contribution in [1.82, 2.24) is 4.31 Å². The fourth-order valence-corrected chi connectivity index (χ4v) is 3.25. The SMILES string of the molecule is CN(CCCO)S(=O)(=O)Nc1ccc2cc(Br)ccc2c1. The van der Waals surface area contributed by atoms with Crippen molar-refractivity contribution >= 4 is 42.6 Å². The highest BCUT2D eigenvalue weighted by Gasteiger charge is 2.16. The average molecular weight is 373 g/mol. The van der Waals surface area contributed by atoms with Crippen molar-refractivity contribution in [2.24, 2.45) is 0 Å². The molecular formula is C14H17BrN2O3S. The van der Waals surface area contributed by atoms with Crippen molar-refractivity contribution in [2.75, 3.05) is 24.9 Å². The molecule has 21 heavy (non-hydrogen) atoms. The predicted octanol–water partition coefficient (Wildman–Crippen LogP) is 2.57. The van der Waals surface area contributed by atoms with Crippen LogP contribution < -0.4 is 4.72 Å². The largest absolute Gasteiger partial charge is 0.396 e. The van der Waals surface area contributed by atoms with Crippen LogP contribution in [-0.2, 0) is 10.2 Å². The summed E-state index contributed by atoms with van der Waals surface area (Å²) in [6.45, 7) is 0.233. The first-order valence-corrected chi connectivity index (χ1v) is 8.70. The highest BCUT2D eigenvalue weighted by atomic mass is 79.9. The lowest BCUT2D eigenvalue weighted by molar-refractivity contribution is 0.276. The van der Waals surface area contributed by atoms with Gasteiger partial charge in [0.05, 0.1) is 5.69 Å². The Morgan fingerprint density at radius 1 is 1.19 bits per heavy atom. The molecule has 0 amide bonds. The summed E-state index contributed by atoms with van der Waals surface area (Å²) in [6.07, 6.45) is 0.406.